The second kappa shape index (κ2) is 7.81. The minimum absolute atomic E-state index is 0.00561. The molecule has 0 bridgehead atoms. The van der Waals surface area contributed by atoms with Crippen LogP contribution in [-0.4, -0.2) is 38.9 Å². The van der Waals surface area contributed by atoms with Gasteiger partial charge in [-0.25, -0.2) is 9.97 Å². The number of carboxylic acid groups (broad SMARTS) is 1. The van der Waals surface area contributed by atoms with E-state index in [0.29, 0.717) is 29.5 Å². The van der Waals surface area contributed by atoms with Crippen LogP contribution >= 0.6 is 0 Å². The maximum atomic E-state index is 14.2. The van der Waals surface area contributed by atoms with Crippen LogP contribution in [0.4, 0.5) is 13.2 Å². The quantitative estimate of drug-likeness (QED) is 0.663. The molecule has 2 aromatic rings. The first-order valence-electron chi connectivity index (χ1n) is 9.72. The first-order valence-corrected chi connectivity index (χ1v) is 9.72. The molecule has 9 heteroatoms. The van der Waals surface area contributed by atoms with Crippen molar-refractivity contribution in [3.05, 3.63) is 59.7 Å². The summed E-state index contributed by atoms with van der Waals surface area (Å²) < 4.78 is 48.2. The second-order valence-electron chi connectivity index (χ2n) is 7.39. The average molecular weight is 432 g/mol. The van der Waals surface area contributed by atoms with Crippen LogP contribution in [0.25, 0.3) is 16.7 Å². The number of alkyl halides is 3. The van der Waals surface area contributed by atoms with Crippen LogP contribution in [0.1, 0.15) is 36.8 Å². The summed E-state index contributed by atoms with van der Waals surface area (Å²) >= 11 is 0. The number of carbonyl (C=O) groups is 1. The number of ether oxygens (including phenoxy) is 1. The van der Waals surface area contributed by atoms with E-state index in [0.717, 1.165) is 0 Å². The summed E-state index contributed by atoms with van der Waals surface area (Å²) in [5.74, 6) is -0.889. The number of hydrogen-bond donors (Lipinski definition) is 2. The predicted molar refractivity (Wildman–Crippen MR) is 105 cm³/mol. The fourth-order valence-electron chi connectivity index (χ4n) is 4.06. The van der Waals surface area contributed by atoms with Crippen molar-refractivity contribution in [1.82, 2.24) is 9.97 Å². The monoisotopic (exact) mass is 432 g/mol. The summed E-state index contributed by atoms with van der Waals surface area (Å²) in [6.45, 7) is 0.00561. The third-order valence-electron chi connectivity index (χ3n) is 5.40. The number of allylic oxidation sites excluding steroid dienone is 2. The van der Waals surface area contributed by atoms with Crippen LogP contribution < -0.4 is 4.74 Å². The molecule has 1 atom stereocenters. The fraction of sp³-hybridized carbons (Fsp3) is 0.318. The maximum Gasteiger partial charge on any atom is 0.425 e. The Morgan fingerprint density at radius 3 is 2.55 bits per heavy atom. The van der Waals surface area contributed by atoms with Crippen molar-refractivity contribution in [1.29, 1.82) is 0 Å². The molecular formula is C22H19F3N2O4. The molecule has 1 heterocycles. The van der Waals surface area contributed by atoms with Gasteiger partial charge in [0.05, 0.1) is 6.61 Å². The highest BCUT2D eigenvalue weighted by molar-refractivity contribution is 5.97. The number of aliphatic hydroxyl groups is 1. The normalized spacial score (nSPS) is 19.9. The standard InChI is InChI=1S/C22H19F3N2O4/c23-22(24,25)21(30)17-5-2-1-4-15(17)20-16(13-10-26-12-27-11-13)8-14(9-18(20)21)31-7-3-6-19(28)29/h4-5,8-12,30H,1-3,6-7H2,(H,28,29). The van der Waals surface area contributed by atoms with E-state index in [1.807, 2.05) is 0 Å². The van der Waals surface area contributed by atoms with E-state index in [-0.39, 0.29) is 41.9 Å². The highest BCUT2D eigenvalue weighted by atomic mass is 19.4. The van der Waals surface area contributed by atoms with Crippen LogP contribution in [-0.2, 0) is 10.4 Å². The lowest BCUT2D eigenvalue weighted by Gasteiger charge is -2.29. The lowest BCUT2D eigenvalue weighted by atomic mass is 9.87. The zero-order valence-corrected chi connectivity index (χ0v) is 16.3. The molecule has 2 aliphatic rings. The highest BCUT2D eigenvalue weighted by Crippen LogP contribution is 2.59. The molecule has 6 nitrogen and oxygen atoms in total. The molecule has 1 unspecified atom stereocenters. The molecule has 0 spiro atoms. The Morgan fingerprint density at radius 1 is 1.16 bits per heavy atom. The lowest BCUT2D eigenvalue weighted by Crippen LogP contribution is -2.42. The van der Waals surface area contributed by atoms with Crippen LogP contribution in [0.2, 0.25) is 0 Å². The van der Waals surface area contributed by atoms with Gasteiger partial charge in [-0.15, -0.1) is 0 Å². The van der Waals surface area contributed by atoms with Crippen molar-refractivity contribution in [2.45, 2.75) is 37.5 Å². The van der Waals surface area contributed by atoms with Crippen molar-refractivity contribution in [3.8, 4) is 16.9 Å². The van der Waals surface area contributed by atoms with Crippen molar-refractivity contribution >= 4 is 11.5 Å². The van der Waals surface area contributed by atoms with Gasteiger partial charge < -0.3 is 14.9 Å². The molecule has 1 aromatic carbocycles. The molecule has 1 aromatic heterocycles. The zero-order valence-electron chi connectivity index (χ0n) is 16.3. The molecule has 0 fully saturated rings. The van der Waals surface area contributed by atoms with Gasteiger partial charge in [0, 0.05) is 35.5 Å². The molecule has 0 saturated heterocycles. The number of rotatable bonds is 6. The van der Waals surface area contributed by atoms with E-state index < -0.39 is 17.7 Å². The van der Waals surface area contributed by atoms with Crippen LogP contribution in [0.3, 0.4) is 0 Å². The van der Waals surface area contributed by atoms with Crippen LogP contribution in [0, 0.1) is 0 Å². The lowest BCUT2D eigenvalue weighted by molar-refractivity contribution is -0.247. The molecule has 2 N–H and O–H groups in total. The Kier molecular flexibility index (Phi) is 5.30. The highest BCUT2D eigenvalue weighted by Gasteiger charge is 2.63. The van der Waals surface area contributed by atoms with Gasteiger partial charge >= 0.3 is 12.1 Å². The van der Waals surface area contributed by atoms with Crippen molar-refractivity contribution in [2.75, 3.05) is 6.61 Å². The minimum Gasteiger partial charge on any atom is -0.494 e. The second-order valence-corrected chi connectivity index (χ2v) is 7.39. The van der Waals surface area contributed by atoms with Gasteiger partial charge in [-0.05, 0) is 48.1 Å². The summed E-state index contributed by atoms with van der Waals surface area (Å²) in [6.07, 6.45) is 3.48. The zero-order chi connectivity index (χ0) is 22.2. The Bertz CT molecular complexity index is 1080. The van der Waals surface area contributed by atoms with Crippen LogP contribution in [0.5, 0.6) is 5.75 Å². The SMILES string of the molecule is O=C(O)CCCOc1cc(-c2cncnc2)c2c(c1)C(O)(C(F)(F)F)C1=CCCC=C12. The molecule has 2 aliphatic carbocycles. The summed E-state index contributed by atoms with van der Waals surface area (Å²) in [5, 5.41) is 19.8. The maximum absolute atomic E-state index is 14.2. The Balaban J connectivity index is 1.89. The van der Waals surface area contributed by atoms with E-state index >= 15 is 0 Å². The van der Waals surface area contributed by atoms with Gasteiger partial charge in [0.2, 0.25) is 5.60 Å². The van der Waals surface area contributed by atoms with Crippen LogP contribution in [0.15, 0.2) is 48.6 Å². The van der Waals surface area contributed by atoms with Gasteiger partial charge in [-0.2, -0.15) is 13.2 Å². The van der Waals surface area contributed by atoms with Gasteiger partial charge in [0.25, 0.3) is 0 Å². The molecule has 162 valence electrons. The molecule has 4 rings (SSSR count). The van der Waals surface area contributed by atoms with E-state index in [4.69, 9.17) is 9.84 Å². The molecule has 31 heavy (non-hydrogen) atoms. The molecule has 0 saturated carbocycles. The molecule has 0 radical (unpaired) electrons. The average Bonchev–Trinajstić information content (AvgIpc) is 3.01. The first kappa shape index (κ1) is 21.0. The number of halogens is 3. The first-order chi connectivity index (χ1) is 14.7. The topological polar surface area (TPSA) is 92.5 Å². The number of aliphatic carboxylic acids is 1. The third kappa shape index (κ3) is 3.59. The number of hydrogen-bond acceptors (Lipinski definition) is 5. The smallest absolute Gasteiger partial charge is 0.425 e. The fourth-order valence-corrected chi connectivity index (χ4v) is 4.06. The number of benzene rings is 1. The number of nitrogens with zero attached hydrogens (tertiary/aromatic N) is 2. The van der Waals surface area contributed by atoms with Gasteiger partial charge in [0.15, 0.2) is 0 Å². The van der Waals surface area contributed by atoms with Gasteiger partial charge in [-0.1, -0.05) is 12.2 Å². The molecule has 0 amide bonds. The third-order valence-corrected chi connectivity index (χ3v) is 5.40. The van der Waals surface area contributed by atoms with E-state index in [1.54, 1.807) is 12.1 Å². The Hall–Kier alpha value is -3.20. The van der Waals surface area contributed by atoms with Crippen molar-refractivity contribution in [3.63, 3.8) is 0 Å². The number of aromatic nitrogens is 2. The van der Waals surface area contributed by atoms with Crippen molar-refractivity contribution < 1.29 is 32.9 Å². The number of fused-ring (bicyclic) bond motifs is 3. The predicted octanol–water partition coefficient (Wildman–Crippen LogP) is 4.25. The summed E-state index contributed by atoms with van der Waals surface area (Å²) in [7, 11) is 0. The van der Waals surface area contributed by atoms with E-state index in [2.05, 4.69) is 9.97 Å². The van der Waals surface area contributed by atoms with E-state index in [9.17, 15) is 23.1 Å². The summed E-state index contributed by atoms with van der Waals surface area (Å²) in [5.41, 5.74) is -2.15. The Morgan fingerprint density at radius 2 is 1.87 bits per heavy atom. The van der Waals surface area contributed by atoms with Gasteiger partial charge in [0.1, 0.15) is 12.1 Å². The van der Waals surface area contributed by atoms with E-state index in [1.165, 1.54) is 30.9 Å². The summed E-state index contributed by atoms with van der Waals surface area (Å²) in [4.78, 5) is 18.6. The van der Waals surface area contributed by atoms with Crippen molar-refractivity contribution in [2.24, 2.45) is 0 Å². The largest absolute Gasteiger partial charge is 0.494 e. The summed E-state index contributed by atoms with van der Waals surface area (Å²) in [6, 6.07) is 2.77. The number of carboxylic acids is 1. The van der Waals surface area contributed by atoms with Gasteiger partial charge in [-0.3, -0.25) is 4.79 Å². The molecular weight excluding hydrogens is 413 g/mol. The Labute approximate surface area is 175 Å². The minimum atomic E-state index is -4.95. The molecule has 0 aliphatic heterocycles.